The summed E-state index contributed by atoms with van der Waals surface area (Å²) in [5, 5.41) is 2.90. The van der Waals surface area contributed by atoms with Crippen LogP contribution in [0.1, 0.15) is 46.3 Å². The second kappa shape index (κ2) is 10.3. The highest BCUT2D eigenvalue weighted by Crippen LogP contribution is 2.23. The first-order chi connectivity index (χ1) is 16.3. The molecule has 0 radical (unpaired) electrons. The quantitative estimate of drug-likeness (QED) is 0.501. The summed E-state index contributed by atoms with van der Waals surface area (Å²) in [5.74, 6) is -0.313. The molecule has 1 aliphatic rings. The van der Waals surface area contributed by atoms with E-state index in [1.165, 1.54) is 31.0 Å². The number of para-hydroxylation sites is 1. The van der Waals surface area contributed by atoms with E-state index in [2.05, 4.69) is 27.1 Å². The molecule has 0 unspecified atom stereocenters. The van der Waals surface area contributed by atoms with E-state index in [0.717, 1.165) is 24.2 Å². The van der Waals surface area contributed by atoms with Crippen molar-refractivity contribution in [1.82, 2.24) is 5.32 Å². The molecule has 0 bridgehead atoms. The first-order valence-electron chi connectivity index (χ1n) is 11.6. The lowest BCUT2D eigenvalue weighted by molar-refractivity contribution is 0.0950. The normalized spacial score (nSPS) is 14.0. The average Bonchev–Trinajstić information content (AvgIpc) is 2.85. The van der Waals surface area contributed by atoms with Crippen LogP contribution in [0.25, 0.3) is 0 Å². The van der Waals surface area contributed by atoms with E-state index in [-0.39, 0.29) is 10.8 Å². The third-order valence-electron chi connectivity index (χ3n) is 6.24. The van der Waals surface area contributed by atoms with Gasteiger partial charge in [-0.25, -0.2) is 8.42 Å². The molecule has 3 aromatic rings. The van der Waals surface area contributed by atoms with Crippen LogP contribution in [-0.4, -0.2) is 27.4 Å². The van der Waals surface area contributed by atoms with Crippen molar-refractivity contribution in [2.75, 3.05) is 22.7 Å². The zero-order chi connectivity index (χ0) is 24.1. The number of carbonyl (C=O) groups is 1. The zero-order valence-electron chi connectivity index (χ0n) is 19.7. The zero-order valence-corrected chi connectivity index (χ0v) is 20.5. The van der Waals surface area contributed by atoms with Crippen molar-refractivity contribution < 1.29 is 13.2 Å². The number of carbonyl (C=O) groups excluding carboxylic acids is 1. The molecule has 1 saturated heterocycles. The number of benzene rings is 3. The van der Waals surface area contributed by atoms with Gasteiger partial charge in [-0.1, -0.05) is 36.4 Å². The number of nitrogens with one attached hydrogen (secondary N) is 2. The van der Waals surface area contributed by atoms with Crippen LogP contribution in [0.2, 0.25) is 0 Å². The Hall–Kier alpha value is -3.32. The van der Waals surface area contributed by atoms with Crippen molar-refractivity contribution in [1.29, 1.82) is 0 Å². The van der Waals surface area contributed by atoms with E-state index in [4.69, 9.17) is 0 Å². The maximum absolute atomic E-state index is 13.0. The van der Waals surface area contributed by atoms with Crippen LogP contribution in [0.15, 0.2) is 71.6 Å². The molecule has 0 spiro atoms. The minimum absolute atomic E-state index is 0.0919. The molecular formula is C27H31N3O3S. The predicted molar refractivity (Wildman–Crippen MR) is 137 cm³/mol. The maximum atomic E-state index is 13.0. The van der Waals surface area contributed by atoms with Crippen LogP contribution in [0, 0.1) is 13.8 Å². The molecule has 6 nitrogen and oxygen atoms in total. The number of anilines is 2. The summed E-state index contributed by atoms with van der Waals surface area (Å²) in [6.07, 6.45) is 3.75. The first-order valence-corrected chi connectivity index (χ1v) is 13.1. The molecule has 1 amide bonds. The molecule has 34 heavy (non-hydrogen) atoms. The van der Waals surface area contributed by atoms with Crippen LogP contribution in [0.5, 0.6) is 0 Å². The molecule has 1 fully saturated rings. The Morgan fingerprint density at radius 2 is 1.59 bits per heavy atom. The summed E-state index contributed by atoms with van der Waals surface area (Å²) >= 11 is 0. The molecule has 2 N–H and O–H groups in total. The fourth-order valence-corrected chi connectivity index (χ4v) is 5.58. The number of amides is 1. The first kappa shape index (κ1) is 23.8. The Kier molecular flexibility index (Phi) is 7.22. The average molecular weight is 478 g/mol. The van der Waals surface area contributed by atoms with E-state index in [9.17, 15) is 13.2 Å². The third kappa shape index (κ3) is 5.59. The lowest BCUT2D eigenvalue weighted by Crippen LogP contribution is -2.29. The van der Waals surface area contributed by atoms with Crippen molar-refractivity contribution in [3.63, 3.8) is 0 Å². The van der Waals surface area contributed by atoms with E-state index in [0.29, 0.717) is 23.4 Å². The fraction of sp³-hybridized carbons (Fsp3) is 0.296. The monoisotopic (exact) mass is 477 g/mol. The smallest absolute Gasteiger partial charge is 0.262 e. The molecule has 3 aromatic carbocycles. The lowest BCUT2D eigenvalue weighted by atomic mass is 10.1. The fourth-order valence-electron chi connectivity index (χ4n) is 4.18. The third-order valence-corrected chi connectivity index (χ3v) is 7.75. The van der Waals surface area contributed by atoms with Gasteiger partial charge >= 0.3 is 0 Å². The highest BCUT2D eigenvalue weighted by Gasteiger charge is 2.20. The van der Waals surface area contributed by atoms with Crippen molar-refractivity contribution in [2.45, 2.75) is 44.6 Å². The summed E-state index contributed by atoms with van der Waals surface area (Å²) in [4.78, 5) is 15.3. The topological polar surface area (TPSA) is 78.5 Å². The van der Waals surface area contributed by atoms with Gasteiger partial charge in [-0.05, 0) is 80.1 Å². The van der Waals surface area contributed by atoms with Crippen LogP contribution in [-0.2, 0) is 16.6 Å². The van der Waals surface area contributed by atoms with Crippen LogP contribution in [0.4, 0.5) is 11.4 Å². The second-order valence-corrected chi connectivity index (χ2v) is 10.4. The van der Waals surface area contributed by atoms with E-state index in [1.54, 1.807) is 31.2 Å². The molecule has 4 rings (SSSR count). The number of hydrogen-bond donors (Lipinski definition) is 2. The molecule has 7 heteroatoms. The Bertz CT molecular complexity index is 1260. The lowest BCUT2D eigenvalue weighted by Gasteiger charge is -2.28. The van der Waals surface area contributed by atoms with E-state index >= 15 is 0 Å². The SMILES string of the molecule is Cc1ccccc1NS(=O)(=O)c1cc(C(=O)NCc2ccc(N3CCCCC3)cc2)ccc1C. The highest BCUT2D eigenvalue weighted by atomic mass is 32.2. The van der Waals surface area contributed by atoms with Gasteiger partial charge in [0, 0.05) is 30.9 Å². The largest absolute Gasteiger partial charge is 0.372 e. The van der Waals surface area contributed by atoms with Gasteiger partial charge in [-0.15, -0.1) is 0 Å². The Balaban J connectivity index is 1.44. The molecule has 0 aliphatic carbocycles. The summed E-state index contributed by atoms with van der Waals surface area (Å²) in [5.41, 5.74) is 4.43. The van der Waals surface area contributed by atoms with Gasteiger partial charge in [0.1, 0.15) is 0 Å². The molecule has 0 atom stereocenters. The summed E-state index contributed by atoms with van der Waals surface area (Å²) < 4.78 is 28.7. The highest BCUT2D eigenvalue weighted by molar-refractivity contribution is 7.92. The predicted octanol–water partition coefficient (Wildman–Crippen LogP) is 5.02. The minimum Gasteiger partial charge on any atom is -0.372 e. The molecule has 0 aromatic heterocycles. The summed E-state index contributed by atoms with van der Waals surface area (Å²) in [6, 6.07) is 20.2. The van der Waals surface area contributed by atoms with Gasteiger partial charge in [0.2, 0.25) is 0 Å². The minimum atomic E-state index is -3.84. The number of rotatable bonds is 7. The Morgan fingerprint density at radius 1 is 0.882 bits per heavy atom. The van der Waals surface area contributed by atoms with Gasteiger partial charge in [-0.3, -0.25) is 9.52 Å². The molecule has 178 valence electrons. The van der Waals surface area contributed by atoms with Gasteiger partial charge in [0.05, 0.1) is 10.6 Å². The molecular weight excluding hydrogens is 446 g/mol. The van der Waals surface area contributed by atoms with Gasteiger partial charge < -0.3 is 10.2 Å². The number of hydrogen-bond acceptors (Lipinski definition) is 4. The second-order valence-electron chi connectivity index (χ2n) is 8.80. The van der Waals surface area contributed by atoms with Crippen molar-refractivity contribution >= 4 is 27.3 Å². The van der Waals surface area contributed by atoms with Crippen LogP contribution in [0.3, 0.4) is 0 Å². The standard InChI is InChI=1S/C27H31N3O3S/c1-20-8-4-5-9-25(20)29-34(32,33)26-18-23(13-10-21(26)2)27(31)28-19-22-11-14-24(15-12-22)30-16-6-3-7-17-30/h4-5,8-15,18,29H,3,6-7,16-17,19H2,1-2H3,(H,28,31). The molecule has 1 heterocycles. The van der Waals surface area contributed by atoms with E-state index < -0.39 is 10.0 Å². The number of piperidine rings is 1. The van der Waals surface area contributed by atoms with Crippen LogP contribution >= 0.6 is 0 Å². The van der Waals surface area contributed by atoms with Gasteiger partial charge in [0.25, 0.3) is 15.9 Å². The number of aryl methyl sites for hydroxylation is 2. The van der Waals surface area contributed by atoms with Crippen molar-refractivity contribution in [3.8, 4) is 0 Å². The van der Waals surface area contributed by atoms with Crippen LogP contribution < -0.4 is 14.9 Å². The summed E-state index contributed by atoms with van der Waals surface area (Å²) in [7, 11) is -3.84. The Labute approximate surface area is 202 Å². The number of sulfonamides is 1. The van der Waals surface area contributed by atoms with E-state index in [1.807, 2.05) is 31.2 Å². The van der Waals surface area contributed by atoms with Gasteiger partial charge in [-0.2, -0.15) is 0 Å². The molecule has 1 aliphatic heterocycles. The maximum Gasteiger partial charge on any atom is 0.262 e. The van der Waals surface area contributed by atoms with Crippen molar-refractivity contribution in [3.05, 3.63) is 89.0 Å². The van der Waals surface area contributed by atoms with Gasteiger partial charge in [0.15, 0.2) is 0 Å². The Morgan fingerprint density at radius 3 is 2.29 bits per heavy atom. The van der Waals surface area contributed by atoms with Crippen molar-refractivity contribution in [2.24, 2.45) is 0 Å². The molecule has 0 saturated carbocycles. The number of nitrogens with zero attached hydrogens (tertiary/aromatic N) is 1. The summed E-state index contributed by atoms with van der Waals surface area (Å²) in [6.45, 7) is 6.11.